The van der Waals surface area contributed by atoms with Crippen molar-refractivity contribution in [2.24, 2.45) is 17.6 Å². The van der Waals surface area contributed by atoms with Gasteiger partial charge in [0.2, 0.25) is 0 Å². The van der Waals surface area contributed by atoms with Crippen molar-refractivity contribution in [2.75, 3.05) is 6.61 Å². The maximum absolute atomic E-state index is 6.23. The van der Waals surface area contributed by atoms with Gasteiger partial charge in [0, 0.05) is 12.0 Å². The average Bonchev–Trinajstić information content (AvgIpc) is 3.11. The molecule has 0 aromatic heterocycles. The second kappa shape index (κ2) is 3.53. The van der Waals surface area contributed by atoms with Gasteiger partial charge in [-0.25, -0.2) is 0 Å². The first kappa shape index (κ1) is 9.22. The lowest BCUT2D eigenvalue weighted by Crippen LogP contribution is -2.39. The molecule has 2 aliphatic rings. The van der Waals surface area contributed by atoms with Crippen molar-refractivity contribution in [2.45, 2.75) is 25.3 Å². The number of nitrogens with two attached hydrogens (primary N) is 1. The molecule has 3 rings (SSSR count). The van der Waals surface area contributed by atoms with E-state index in [0.29, 0.717) is 12.0 Å². The number of benzene rings is 1. The molecule has 0 radical (unpaired) electrons. The van der Waals surface area contributed by atoms with Gasteiger partial charge in [-0.15, -0.1) is 0 Å². The number of rotatable bonds is 2. The third-order valence-electron chi connectivity index (χ3n) is 3.62. The summed E-state index contributed by atoms with van der Waals surface area (Å²) >= 11 is 0. The van der Waals surface area contributed by atoms with Gasteiger partial charge in [0.1, 0.15) is 5.75 Å². The minimum absolute atomic E-state index is 0.346. The maximum atomic E-state index is 6.23. The number of para-hydroxylation sites is 1. The van der Waals surface area contributed by atoms with Gasteiger partial charge in [0.15, 0.2) is 0 Å². The molecule has 1 aromatic rings. The molecule has 2 heteroatoms. The van der Waals surface area contributed by atoms with Crippen LogP contribution in [-0.4, -0.2) is 12.6 Å². The highest BCUT2D eigenvalue weighted by Gasteiger charge is 2.35. The zero-order valence-electron chi connectivity index (χ0n) is 8.86. The van der Waals surface area contributed by atoms with Gasteiger partial charge in [-0.2, -0.15) is 0 Å². The van der Waals surface area contributed by atoms with Crippen LogP contribution >= 0.6 is 0 Å². The Kier molecular flexibility index (Phi) is 2.17. The molecule has 80 valence electrons. The highest BCUT2D eigenvalue weighted by molar-refractivity contribution is 5.35. The zero-order valence-corrected chi connectivity index (χ0v) is 8.86. The van der Waals surface area contributed by atoms with Crippen molar-refractivity contribution in [3.63, 3.8) is 0 Å². The van der Waals surface area contributed by atoms with E-state index >= 15 is 0 Å². The molecule has 0 spiro atoms. The van der Waals surface area contributed by atoms with Gasteiger partial charge in [0.25, 0.3) is 0 Å². The normalized spacial score (nSPS) is 26.6. The van der Waals surface area contributed by atoms with Crippen molar-refractivity contribution in [1.82, 2.24) is 0 Å². The van der Waals surface area contributed by atoms with E-state index in [2.05, 4.69) is 12.1 Å². The van der Waals surface area contributed by atoms with E-state index in [9.17, 15) is 0 Å². The third kappa shape index (κ3) is 1.74. The zero-order chi connectivity index (χ0) is 10.3. The second-order valence-corrected chi connectivity index (χ2v) is 4.80. The van der Waals surface area contributed by atoms with Gasteiger partial charge in [-0.3, -0.25) is 0 Å². The van der Waals surface area contributed by atoms with Crippen LogP contribution in [0.4, 0.5) is 0 Å². The fourth-order valence-electron chi connectivity index (χ4n) is 2.46. The van der Waals surface area contributed by atoms with Crippen LogP contribution < -0.4 is 10.5 Å². The Balaban J connectivity index is 1.76. The largest absolute Gasteiger partial charge is 0.493 e. The topological polar surface area (TPSA) is 35.2 Å². The summed E-state index contributed by atoms with van der Waals surface area (Å²) in [5, 5.41) is 0. The first-order valence-electron chi connectivity index (χ1n) is 5.81. The van der Waals surface area contributed by atoms with E-state index in [-0.39, 0.29) is 0 Å². The standard InChI is InChI=1S/C13H17NO/c14-13(9-5-6-9)11-7-10-3-1-2-4-12(10)15-8-11/h1-4,9,11,13H,5-8,14H2. The molecule has 0 saturated heterocycles. The lowest BCUT2D eigenvalue weighted by Gasteiger charge is -2.29. The van der Waals surface area contributed by atoms with Crippen LogP contribution in [-0.2, 0) is 6.42 Å². The Morgan fingerprint density at radius 1 is 1.20 bits per heavy atom. The molecule has 1 aliphatic carbocycles. The Morgan fingerprint density at radius 2 is 2.00 bits per heavy atom. The van der Waals surface area contributed by atoms with E-state index in [1.54, 1.807) is 0 Å². The lowest BCUT2D eigenvalue weighted by molar-refractivity contribution is 0.191. The maximum Gasteiger partial charge on any atom is 0.122 e. The second-order valence-electron chi connectivity index (χ2n) is 4.80. The molecule has 1 saturated carbocycles. The highest BCUT2D eigenvalue weighted by atomic mass is 16.5. The molecular formula is C13H17NO. The smallest absolute Gasteiger partial charge is 0.122 e. The summed E-state index contributed by atoms with van der Waals surface area (Å²) in [6.45, 7) is 0.800. The van der Waals surface area contributed by atoms with Crippen LogP contribution in [0.5, 0.6) is 5.75 Å². The third-order valence-corrected chi connectivity index (χ3v) is 3.62. The molecule has 1 aliphatic heterocycles. The summed E-state index contributed by atoms with van der Waals surface area (Å²) in [6.07, 6.45) is 3.73. The van der Waals surface area contributed by atoms with Crippen LogP contribution in [0.3, 0.4) is 0 Å². The Bertz CT molecular complexity index is 359. The summed E-state index contributed by atoms with van der Waals surface area (Å²) in [5.41, 5.74) is 7.55. The molecule has 2 nitrogen and oxygen atoms in total. The fraction of sp³-hybridized carbons (Fsp3) is 0.538. The van der Waals surface area contributed by atoms with E-state index < -0.39 is 0 Å². The van der Waals surface area contributed by atoms with Crippen LogP contribution in [0, 0.1) is 11.8 Å². The number of fused-ring (bicyclic) bond motifs is 1. The predicted octanol–water partition coefficient (Wildman–Crippen LogP) is 1.97. The van der Waals surface area contributed by atoms with Crippen LogP contribution in [0.25, 0.3) is 0 Å². The molecular weight excluding hydrogens is 186 g/mol. The van der Waals surface area contributed by atoms with E-state index in [1.165, 1.54) is 18.4 Å². The van der Waals surface area contributed by atoms with Crippen molar-refractivity contribution >= 4 is 0 Å². The minimum atomic E-state index is 0.346. The Labute approximate surface area is 90.4 Å². The van der Waals surface area contributed by atoms with Gasteiger partial charge in [0.05, 0.1) is 6.61 Å². The Hall–Kier alpha value is -1.02. The van der Waals surface area contributed by atoms with Gasteiger partial charge in [-0.1, -0.05) is 18.2 Å². The summed E-state index contributed by atoms with van der Waals surface area (Å²) in [5.74, 6) is 2.34. The summed E-state index contributed by atoms with van der Waals surface area (Å²) in [6, 6.07) is 8.65. The molecule has 2 N–H and O–H groups in total. The molecule has 2 unspecified atom stereocenters. The van der Waals surface area contributed by atoms with Crippen LogP contribution in [0.1, 0.15) is 18.4 Å². The average molecular weight is 203 g/mol. The molecule has 1 heterocycles. The molecule has 1 fully saturated rings. The monoisotopic (exact) mass is 203 g/mol. The van der Waals surface area contributed by atoms with E-state index in [0.717, 1.165) is 24.7 Å². The van der Waals surface area contributed by atoms with Crippen LogP contribution in [0.15, 0.2) is 24.3 Å². The molecule has 0 amide bonds. The predicted molar refractivity (Wildman–Crippen MR) is 59.8 cm³/mol. The summed E-state index contributed by atoms with van der Waals surface area (Å²) in [7, 11) is 0. The first-order valence-corrected chi connectivity index (χ1v) is 5.81. The molecule has 2 atom stereocenters. The van der Waals surface area contributed by atoms with Crippen LogP contribution in [0.2, 0.25) is 0 Å². The minimum Gasteiger partial charge on any atom is -0.493 e. The van der Waals surface area contributed by atoms with Crippen molar-refractivity contribution < 1.29 is 4.74 Å². The number of hydrogen-bond donors (Lipinski definition) is 1. The van der Waals surface area contributed by atoms with Gasteiger partial charge < -0.3 is 10.5 Å². The number of ether oxygens (including phenoxy) is 1. The molecule has 0 bridgehead atoms. The summed E-state index contributed by atoms with van der Waals surface area (Å²) in [4.78, 5) is 0. The summed E-state index contributed by atoms with van der Waals surface area (Å²) < 4.78 is 5.76. The van der Waals surface area contributed by atoms with Gasteiger partial charge >= 0.3 is 0 Å². The molecule has 1 aromatic carbocycles. The highest BCUT2D eigenvalue weighted by Crippen LogP contribution is 2.38. The van der Waals surface area contributed by atoms with E-state index in [1.807, 2.05) is 12.1 Å². The quantitative estimate of drug-likeness (QED) is 0.797. The van der Waals surface area contributed by atoms with Crippen molar-refractivity contribution in [3.8, 4) is 5.75 Å². The van der Waals surface area contributed by atoms with E-state index in [4.69, 9.17) is 10.5 Å². The Morgan fingerprint density at radius 3 is 2.80 bits per heavy atom. The van der Waals surface area contributed by atoms with Crippen molar-refractivity contribution in [1.29, 1.82) is 0 Å². The number of hydrogen-bond acceptors (Lipinski definition) is 2. The fourth-order valence-corrected chi connectivity index (χ4v) is 2.46. The van der Waals surface area contributed by atoms with Crippen molar-refractivity contribution in [3.05, 3.63) is 29.8 Å². The molecule has 15 heavy (non-hydrogen) atoms. The van der Waals surface area contributed by atoms with Gasteiger partial charge in [-0.05, 0) is 36.8 Å². The first-order chi connectivity index (χ1) is 7.34. The SMILES string of the molecule is NC(C1CC1)C1COc2ccccc2C1. The lowest BCUT2D eigenvalue weighted by atomic mass is 9.88.